The van der Waals surface area contributed by atoms with Crippen LogP contribution in [-0.2, 0) is 0 Å². The first-order chi connectivity index (χ1) is 9.15. The van der Waals surface area contributed by atoms with Gasteiger partial charge < -0.3 is 20.3 Å². The van der Waals surface area contributed by atoms with E-state index in [1.165, 1.54) is 6.20 Å². The number of aliphatic hydroxyl groups excluding tert-OH is 1. The highest BCUT2D eigenvalue weighted by Crippen LogP contribution is 2.36. The monoisotopic (exact) mass is 278 g/mol. The summed E-state index contributed by atoms with van der Waals surface area (Å²) in [5.74, 6) is 1.51. The molecule has 0 saturated carbocycles. The van der Waals surface area contributed by atoms with Crippen molar-refractivity contribution < 1.29 is 14.6 Å². The Bertz CT molecular complexity index is 633. The number of aliphatic hydroxyl groups is 1. The second-order valence-electron chi connectivity index (χ2n) is 4.14. The molecule has 2 aromatic rings. The zero-order valence-electron chi connectivity index (χ0n) is 9.84. The quantitative estimate of drug-likeness (QED) is 0.880. The highest BCUT2D eigenvalue weighted by molar-refractivity contribution is 6.30. The number of nitrogens with two attached hydrogens (primary N) is 1. The normalized spacial score (nSPS) is 14.4. The third-order valence-corrected chi connectivity index (χ3v) is 3.13. The molecular formula is C13H11ClN2O3. The van der Waals surface area contributed by atoms with E-state index < -0.39 is 6.10 Å². The summed E-state index contributed by atoms with van der Waals surface area (Å²) in [5.41, 5.74) is 6.86. The highest BCUT2D eigenvalue weighted by atomic mass is 35.5. The fourth-order valence-electron chi connectivity index (χ4n) is 1.95. The number of rotatable bonds is 2. The molecule has 1 aliphatic rings. The van der Waals surface area contributed by atoms with Gasteiger partial charge in [-0.3, -0.25) is 0 Å². The fraction of sp³-hybridized carbons (Fsp3) is 0.154. The molecule has 0 bridgehead atoms. The van der Waals surface area contributed by atoms with Crippen molar-refractivity contribution in [3.8, 4) is 11.5 Å². The van der Waals surface area contributed by atoms with Gasteiger partial charge in [-0.15, -0.1) is 0 Å². The number of anilines is 1. The number of nitrogen functional groups attached to an aromatic ring is 1. The number of fused-ring (bicyclic) bond motifs is 1. The van der Waals surface area contributed by atoms with E-state index in [1.807, 2.05) is 0 Å². The van der Waals surface area contributed by atoms with Gasteiger partial charge in [0.05, 0.1) is 5.02 Å². The van der Waals surface area contributed by atoms with Gasteiger partial charge >= 0.3 is 0 Å². The van der Waals surface area contributed by atoms with Crippen LogP contribution in [0, 0.1) is 0 Å². The lowest BCUT2D eigenvalue weighted by molar-refractivity contribution is 0.173. The van der Waals surface area contributed by atoms with Gasteiger partial charge in [-0.1, -0.05) is 17.7 Å². The van der Waals surface area contributed by atoms with E-state index in [0.717, 1.165) is 0 Å². The Morgan fingerprint density at radius 1 is 1.26 bits per heavy atom. The van der Waals surface area contributed by atoms with Crippen molar-refractivity contribution in [1.82, 2.24) is 4.98 Å². The number of benzene rings is 1. The van der Waals surface area contributed by atoms with Gasteiger partial charge in [-0.2, -0.15) is 0 Å². The molecule has 0 amide bonds. The van der Waals surface area contributed by atoms with Crippen LogP contribution in [0.1, 0.15) is 17.2 Å². The molecule has 2 heterocycles. The van der Waals surface area contributed by atoms with Gasteiger partial charge in [-0.05, 0) is 23.8 Å². The summed E-state index contributed by atoms with van der Waals surface area (Å²) >= 11 is 5.87. The Morgan fingerprint density at radius 3 is 2.89 bits per heavy atom. The molecule has 1 unspecified atom stereocenters. The van der Waals surface area contributed by atoms with E-state index in [-0.39, 0.29) is 12.6 Å². The van der Waals surface area contributed by atoms with Crippen LogP contribution < -0.4 is 15.2 Å². The van der Waals surface area contributed by atoms with Crippen molar-refractivity contribution in [2.45, 2.75) is 6.10 Å². The summed E-state index contributed by atoms with van der Waals surface area (Å²) in [6, 6.07) is 6.81. The standard InChI is InChI=1S/C13H11ClN2O3/c14-8-4-9(13(15)16-5-8)12(17)7-1-2-10-11(3-7)19-6-18-10/h1-5,12,17H,6H2,(H2,15,16). The molecule has 5 nitrogen and oxygen atoms in total. The molecule has 19 heavy (non-hydrogen) atoms. The average molecular weight is 279 g/mol. The number of hydrogen-bond donors (Lipinski definition) is 2. The molecule has 3 N–H and O–H groups in total. The van der Waals surface area contributed by atoms with Crippen molar-refractivity contribution in [2.75, 3.05) is 12.5 Å². The minimum atomic E-state index is -0.916. The third kappa shape index (κ3) is 2.18. The minimum absolute atomic E-state index is 0.190. The van der Waals surface area contributed by atoms with E-state index in [4.69, 9.17) is 26.8 Å². The topological polar surface area (TPSA) is 77.6 Å². The lowest BCUT2D eigenvalue weighted by Gasteiger charge is -2.14. The molecule has 3 rings (SSSR count). The van der Waals surface area contributed by atoms with Crippen molar-refractivity contribution in [3.05, 3.63) is 46.6 Å². The Balaban J connectivity index is 1.99. The number of pyridine rings is 1. The van der Waals surface area contributed by atoms with E-state index in [9.17, 15) is 5.11 Å². The average Bonchev–Trinajstić information content (AvgIpc) is 2.88. The first-order valence-corrected chi connectivity index (χ1v) is 6.01. The largest absolute Gasteiger partial charge is 0.454 e. The van der Waals surface area contributed by atoms with Crippen LogP contribution in [0.2, 0.25) is 5.02 Å². The third-order valence-electron chi connectivity index (χ3n) is 2.92. The van der Waals surface area contributed by atoms with Gasteiger partial charge in [0, 0.05) is 11.8 Å². The molecular weight excluding hydrogens is 268 g/mol. The number of hydrogen-bond acceptors (Lipinski definition) is 5. The predicted molar refractivity (Wildman–Crippen MR) is 70.3 cm³/mol. The highest BCUT2D eigenvalue weighted by Gasteiger charge is 2.19. The summed E-state index contributed by atoms with van der Waals surface area (Å²) in [6.07, 6.45) is 0.521. The Kier molecular flexibility index (Phi) is 2.93. The molecule has 6 heteroatoms. The molecule has 0 saturated heterocycles. The smallest absolute Gasteiger partial charge is 0.231 e. The van der Waals surface area contributed by atoms with E-state index in [0.29, 0.717) is 27.6 Å². The maximum absolute atomic E-state index is 10.4. The van der Waals surface area contributed by atoms with Gasteiger partial charge in [0.25, 0.3) is 0 Å². The zero-order valence-corrected chi connectivity index (χ0v) is 10.6. The molecule has 1 aromatic heterocycles. The minimum Gasteiger partial charge on any atom is -0.454 e. The second-order valence-corrected chi connectivity index (χ2v) is 4.58. The lowest BCUT2D eigenvalue weighted by Crippen LogP contribution is -2.05. The zero-order chi connectivity index (χ0) is 13.4. The first kappa shape index (κ1) is 12.1. The Morgan fingerprint density at radius 2 is 2.05 bits per heavy atom. The molecule has 0 fully saturated rings. The molecule has 1 atom stereocenters. The number of aromatic nitrogens is 1. The van der Waals surface area contributed by atoms with Crippen molar-refractivity contribution in [1.29, 1.82) is 0 Å². The van der Waals surface area contributed by atoms with E-state index in [2.05, 4.69) is 4.98 Å². The first-order valence-electron chi connectivity index (χ1n) is 5.63. The van der Waals surface area contributed by atoms with Crippen molar-refractivity contribution in [3.63, 3.8) is 0 Å². The van der Waals surface area contributed by atoms with Crippen LogP contribution in [-0.4, -0.2) is 16.9 Å². The van der Waals surface area contributed by atoms with Crippen LogP contribution in [0.15, 0.2) is 30.5 Å². The molecule has 0 aliphatic carbocycles. The van der Waals surface area contributed by atoms with Crippen LogP contribution in [0.3, 0.4) is 0 Å². The fourth-order valence-corrected chi connectivity index (χ4v) is 2.11. The summed E-state index contributed by atoms with van der Waals surface area (Å²) < 4.78 is 10.5. The summed E-state index contributed by atoms with van der Waals surface area (Å²) in [7, 11) is 0. The summed E-state index contributed by atoms with van der Waals surface area (Å²) in [5, 5.41) is 10.8. The van der Waals surface area contributed by atoms with Crippen molar-refractivity contribution in [2.24, 2.45) is 0 Å². The van der Waals surface area contributed by atoms with Gasteiger partial charge in [0.2, 0.25) is 6.79 Å². The van der Waals surface area contributed by atoms with Gasteiger partial charge in [0.15, 0.2) is 11.5 Å². The SMILES string of the molecule is Nc1ncc(Cl)cc1C(O)c1ccc2c(c1)OCO2. The van der Waals surface area contributed by atoms with E-state index in [1.54, 1.807) is 24.3 Å². The van der Waals surface area contributed by atoms with Crippen LogP contribution in [0.5, 0.6) is 11.5 Å². The molecule has 1 aliphatic heterocycles. The molecule has 0 spiro atoms. The Hall–Kier alpha value is -1.98. The van der Waals surface area contributed by atoms with Gasteiger partial charge in [0.1, 0.15) is 11.9 Å². The molecule has 1 aromatic carbocycles. The summed E-state index contributed by atoms with van der Waals surface area (Å²) in [6.45, 7) is 0.190. The van der Waals surface area contributed by atoms with E-state index >= 15 is 0 Å². The van der Waals surface area contributed by atoms with Gasteiger partial charge in [-0.25, -0.2) is 4.98 Å². The van der Waals surface area contributed by atoms with Crippen molar-refractivity contribution >= 4 is 17.4 Å². The van der Waals surface area contributed by atoms with Crippen LogP contribution in [0.4, 0.5) is 5.82 Å². The number of ether oxygens (including phenoxy) is 2. The van der Waals surface area contributed by atoms with Crippen LogP contribution >= 0.6 is 11.6 Å². The Labute approximate surface area is 114 Å². The number of halogens is 1. The van der Waals surface area contributed by atoms with Crippen LogP contribution in [0.25, 0.3) is 0 Å². The molecule has 98 valence electrons. The number of nitrogens with zero attached hydrogens (tertiary/aromatic N) is 1. The predicted octanol–water partition coefficient (Wildman–Crippen LogP) is 2.13. The maximum Gasteiger partial charge on any atom is 0.231 e. The molecule has 0 radical (unpaired) electrons. The second kappa shape index (κ2) is 4.60. The maximum atomic E-state index is 10.4. The lowest BCUT2D eigenvalue weighted by atomic mass is 10.0. The summed E-state index contributed by atoms with van der Waals surface area (Å²) in [4.78, 5) is 3.93.